The number of sulfonamides is 1. The van der Waals surface area contributed by atoms with Crippen LogP contribution in [0.2, 0.25) is 0 Å². The molecule has 0 aliphatic carbocycles. The average Bonchev–Trinajstić information content (AvgIpc) is 3.23. The third-order valence-corrected chi connectivity index (χ3v) is 8.84. The normalized spacial score (nSPS) is 18.1. The summed E-state index contributed by atoms with van der Waals surface area (Å²) in [7, 11) is -3.81. The van der Waals surface area contributed by atoms with Crippen molar-refractivity contribution in [2.75, 3.05) is 24.5 Å². The van der Waals surface area contributed by atoms with Gasteiger partial charge in [-0.05, 0) is 49.4 Å². The summed E-state index contributed by atoms with van der Waals surface area (Å²) in [6.45, 7) is 4.41. The highest BCUT2D eigenvalue weighted by Crippen LogP contribution is 2.39. The van der Waals surface area contributed by atoms with E-state index < -0.39 is 10.0 Å². The first-order valence-corrected chi connectivity index (χ1v) is 13.4. The lowest BCUT2D eigenvalue weighted by molar-refractivity contribution is -0.126. The van der Waals surface area contributed by atoms with Crippen molar-refractivity contribution < 1.29 is 18.0 Å². The van der Waals surface area contributed by atoms with Crippen LogP contribution in [0.4, 0.5) is 5.69 Å². The maximum atomic E-state index is 13.6. The molecule has 2 aliphatic rings. The number of benzene rings is 2. The zero-order chi connectivity index (χ0) is 23.8. The molecule has 33 heavy (non-hydrogen) atoms. The molecular formula is C24H28BrN3O4S. The molecule has 1 fully saturated rings. The van der Waals surface area contributed by atoms with Gasteiger partial charge in [-0.1, -0.05) is 46.3 Å². The van der Waals surface area contributed by atoms with E-state index >= 15 is 0 Å². The summed E-state index contributed by atoms with van der Waals surface area (Å²) in [5.74, 6) is -0.450. The fourth-order valence-electron chi connectivity index (χ4n) is 4.63. The van der Waals surface area contributed by atoms with Crippen LogP contribution in [-0.4, -0.2) is 44.2 Å². The van der Waals surface area contributed by atoms with Crippen LogP contribution in [0.5, 0.6) is 0 Å². The van der Waals surface area contributed by atoms with Crippen LogP contribution in [0.1, 0.15) is 43.9 Å². The minimum atomic E-state index is -3.81. The van der Waals surface area contributed by atoms with E-state index in [1.807, 2.05) is 43.3 Å². The Morgan fingerprint density at radius 2 is 1.76 bits per heavy atom. The molecule has 2 aromatic carbocycles. The second kappa shape index (κ2) is 9.56. The largest absolute Gasteiger partial charge is 0.349 e. The Morgan fingerprint density at radius 1 is 1.09 bits per heavy atom. The number of halogens is 1. The molecule has 2 heterocycles. The standard InChI is InChI=1S/C24H28BrN3O4S/c1-16(18-6-4-3-5-7-18)26-24(30)19-8-11-27(12-9-19)33(31,32)22-15-21(25)14-20-10-13-28(17(2)29)23(20)22/h3-7,14-16,19H,8-13H2,1-2H3,(H,26,30)/t16-/m0/s1. The summed E-state index contributed by atoms with van der Waals surface area (Å²) in [4.78, 5) is 26.6. The van der Waals surface area contributed by atoms with Gasteiger partial charge in [-0.3, -0.25) is 9.59 Å². The number of hydrogen-bond donors (Lipinski definition) is 1. The van der Waals surface area contributed by atoms with E-state index in [0.29, 0.717) is 36.0 Å². The predicted molar refractivity (Wildman–Crippen MR) is 130 cm³/mol. The van der Waals surface area contributed by atoms with Crippen LogP contribution in [0, 0.1) is 5.92 Å². The molecule has 0 bridgehead atoms. The highest BCUT2D eigenvalue weighted by atomic mass is 79.9. The molecule has 2 aromatic rings. The van der Waals surface area contributed by atoms with Crippen LogP contribution in [0.25, 0.3) is 0 Å². The van der Waals surface area contributed by atoms with Crippen LogP contribution < -0.4 is 10.2 Å². The molecular weight excluding hydrogens is 506 g/mol. The molecule has 4 rings (SSSR count). The number of nitrogens with one attached hydrogen (secondary N) is 1. The molecule has 0 spiro atoms. The molecule has 1 atom stereocenters. The minimum Gasteiger partial charge on any atom is -0.349 e. The maximum absolute atomic E-state index is 13.6. The van der Waals surface area contributed by atoms with Crippen molar-refractivity contribution in [3.05, 3.63) is 58.1 Å². The monoisotopic (exact) mass is 533 g/mol. The first-order valence-electron chi connectivity index (χ1n) is 11.1. The van der Waals surface area contributed by atoms with Crippen molar-refractivity contribution in [2.24, 2.45) is 5.92 Å². The summed E-state index contributed by atoms with van der Waals surface area (Å²) >= 11 is 3.42. The quantitative estimate of drug-likeness (QED) is 0.635. The second-order valence-electron chi connectivity index (χ2n) is 8.65. The average molecular weight is 534 g/mol. The number of carbonyl (C=O) groups excluding carboxylic acids is 2. The summed E-state index contributed by atoms with van der Waals surface area (Å²) in [6, 6.07) is 13.1. The smallest absolute Gasteiger partial charge is 0.245 e. The van der Waals surface area contributed by atoms with Gasteiger partial charge in [-0.2, -0.15) is 4.31 Å². The Kier molecular flexibility index (Phi) is 6.93. The van der Waals surface area contributed by atoms with E-state index in [0.717, 1.165) is 11.1 Å². The Hall–Kier alpha value is -2.23. The van der Waals surface area contributed by atoms with Gasteiger partial charge in [0.05, 0.1) is 11.7 Å². The molecule has 0 aromatic heterocycles. The van der Waals surface area contributed by atoms with Crippen molar-refractivity contribution in [1.82, 2.24) is 9.62 Å². The Morgan fingerprint density at radius 3 is 2.39 bits per heavy atom. The van der Waals surface area contributed by atoms with E-state index in [-0.39, 0.29) is 41.8 Å². The molecule has 9 heteroatoms. The predicted octanol–water partition coefficient (Wildman–Crippen LogP) is 3.64. The molecule has 0 unspecified atom stereocenters. The third-order valence-electron chi connectivity index (χ3n) is 6.47. The SMILES string of the molecule is CC(=O)N1CCc2cc(Br)cc(S(=O)(=O)N3CCC(C(=O)N[C@@H](C)c4ccccc4)CC3)c21. The third kappa shape index (κ3) is 4.85. The molecule has 2 amide bonds. The van der Waals surface area contributed by atoms with Gasteiger partial charge in [0, 0.05) is 36.9 Å². The van der Waals surface area contributed by atoms with Crippen molar-refractivity contribution >= 4 is 43.5 Å². The number of amides is 2. The molecule has 1 saturated heterocycles. The fourth-order valence-corrected chi connectivity index (χ4v) is 7.02. The summed E-state index contributed by atoms with van der Waals surface area (Å²) in [5, 5.41) is 3.05. The van der Waals surface area contributed by atoms with Crippen molar-refractivity contribution in [1.29, 1.82) is 0 Å². The van der Waals surface area contributed by atoms with Gasteiger partial charge in [0.1, 0.15) is 4.90 Å². The number of nitrogens with zero attached hydrogens (tertiary/aromatic N) is 2. The van der Waals surface area contributed by atoms with Gasteiger partial charge in [0.25, 0.3) is 0 Å². The number of fused-ring (bicyclic) bond motifs is 1. The van der Waals surface area contributed by atoms with E-state index in [1.165, 1.54) is 11.2 Å². The van der Waals surface area contributed by atoms with Crippen LogP contribution in [0.3, 0.4) is 0 Å². The number of anilines is 1. The van der Waals surface area contributed by atoms with Gasteiger partial charge in [0.15, 0.2) is 0 Å². The van der Waals surface area contributed by atoms with E-state index in [2.05, 4.69) is 21.2 Å². The van der Waals surface area contributed by atoms with Gasteiger partial charge in [0.2, 0.25) is 21.8 Å². The van der Waals surface area contributed by atoms with Crippen molar-refractivity contribution in [2.45, 2.75) is 44.0 Å². The van der Waals surface area contributed by atoms with Gasteiger partial charge >= 0.3 is 0 Å². The van der Waals surface area contributed by atoms with Crippen molar-refractivity contribution in [3.63, 3.8) is 0 Å². The molecule has 7 nitrogen and oxygen atoms in total. The summed E-state index contributed by atoms with van der Waals surface area (Å²) in [6.07, 6.45) is 1.54. The molecule has 2 aliphatic heterocycles. The Labute approximate surface area is 203 Å². The van der Waals surface area contributed by atoms with Crippen LogP contribution >= 0.6 is 15.9 Å². The number of carbonyl (C=O) groups is 2. The van der Waals surface area contributed by atoms with Gasteiger partial charge in [-0.25, -0.2) is 8.42 Å². The molecule has 1 N–H and O–H groups in total. The second-order valence-corrected chi connectivity index (χ2v) is 11.5. The van der Waals surface area contributed by atoms with Crippen molar-refractivity contribution in [3.8, 4) is 0 Å². The fraction of sp³-hybridized carbons (Fsp3) is 0.417. The van der Waals surface area contributed by atoms with E-state index in [4.69, 9.17) is 0 Å². The lowest BCUT2D eigenvalue weighted by Gasteiger charge is -2.32. The number of hydrogen-bond acceptors (Lipinski definition) is 4. The highest BCUT2D eigenvalue weighted by molar-refractivity contribution is 9.10. The van der Waals surface area contributed by atoms with Gasteiger partial charge in [-0.15, -0.1) is 0 Å². The molecule has 0 saturated carbocycles. The summed E-state index contributed by atoms with van der Waals surface area (Å²) in [5.41, 5.74) is 2.37. The minimum absolute atomic E-state index is 0.0468. The lowest BCUT2D eigenvalue weighted by Crippen LogP contribution is -2.43. The first kappa shape index (κ1) is 23.9. The van der Waals surface area contributed by atoms with E-state index in [1.54, 1.807) is 11.0 Å². The van der Waals surface area contributed by atoms with Crippen LogP contribution in [-0.2, 0) is 26.0 Å². The Balaban J connectivity index is 1.47. The lowest BCUT2D eigenvalue weighted by atomic mass is 9.96. The molecule has 176 valence electrons. The summed E-state index contributed by atoms with van der Waals surface area (Å²) < 4.78 is 29.3. The van der Waals surface area contributed by atoms with Gasteiger partial charge < -0.3 is 10.2 Å². The van der Waals surface area contributed by atoms with E-state index in [9.17, 15) is 18.0 Å². The molecule has 0 radical (unpaired) electrons. The number of piperidine rings is 1. The zero-order valence-electron chi connectivity index (χ0n) is 18.8. The highest BCUT2D eigenvalue weighted by Gasteiger charge is 2.37. The first-order chi connectivity index (χ1) is 15.7. The maximum Gasteiger partial charge on any atom is 0.245 e. The van der Waals surface area contributed by atoms with Crippen LogP contribution in [0.15, 0.2) is 51.8 Å². The topological polar surface area (TPSA) is 86.8 Å². The number of rotatable bonds is 5. The Bertz CT molecular complexity index is 1160. The zero-order valence-corrected chi connectivity index (χ0v) is 21.2.